The number of carbonyl (C=O) groups is 1. The Morgan fingerprint density at radius 3 is 2.50 bits per heavy atom. The first-order valence-electron chi connectivity index (χ1n) is 7.50. The molecule has 1 atom stereocenters. The van der Waals surface area contributed by atoms with E-state index in [4.69, 9.17) is 4.74 Å². The van der Waals surface area contributed by atoms with Gasteiger partial charge >= 0.3 is 5.97 Å². The van der Waals surface area contributed by atoms with E-state index in [1.807, 2.05) is 12.1 Å². The van der Waals surface area contributed by atoms with Crippen LogP contribution in [0.3, 0.4) is 0 Å². The fraction of sp³-hybridized carbons (Fsp3) is 0.588. The number of aromatic carboxylic acids is 1. The molecule has 0 aliphatic rings. The number of benzene rings is 1. The first kappa shape index (κ1) is 16.5. The second kappa shape index (κ2) is 7.93. The van der Waals surface area contributed by atoms with Gasteiger partial charge in [-0.2, -0.15) is 0 Å². The maximum Gasteiger partial charge on any atom is 0.339 e. The minimum Gasteiger partial charge on any atom is -0.492 e. The van der Waals surface area contributed by atoms with Gasteiger partial charge in [-0.05, 0) is 36.3 Å². The van der Waals surface area contributed by atoms with Crippen LogP contribution in [0.4, 0.5) is 0 Å². The molecule has 0 fully saturated rings. The predicted octanol–water partition coefficient (Wildman–Crippen LogP) is 4.71. The summed E-state index contributed by atoms with van der Waals surface area (Å²) < 4.78 is 5.84. The minimum atomic E-state index is -0.919. The number of hydrogen-bond donors (Lipinski definition) is 1. The number of carboxylic acid groups (broad SMARTS) is 1. The number of ether oxygens (including phenoxy) is 1. The lowest BCUT2D eigenvalue weighted by atomic mass is 9.90. The lowest BCUT2D eigenvalue weighted by Crippen LogP contribution is -2.12. The van der Waals surface area contributed by atoms with Gasteiger partial charge in [0.2, 0.25) is 0 Å². The second-order valence-corrected chi connectivity index (χ2v) is 5.63. The molecule has 1 aromatic carbocycles. The van der Waals surface area contributed by atoms with E-state index in [2.05, 4.69) is 27.7 Å². The predicted molar refractivity (Wildman–Crippen MR) is 81.7 cm³/mol. The van der Waals surface area contributed by atoms with Crippen molar-refractivity contribution in [1.82, 2.24) is 0 Å². The maximum atomic E-state index is 11.4. The third-order valence-electron chi connectivity index (χ3n) is 3.41. The van der Waals surface area contributed by atoms with E-state index in [0.29, 0.717) is 24.2 Å². The van der Waals surface area contributed by atoms with Crippen molar-refractivity contribution in [1.29, 1.82) is 0 Å². The normalized spacial score (nSPS) is 12.4. The molecule has 0 saturated carbocycles. The van der Waals surface area contributed by atoms with Crippen molar-refractivity contribution in [3.63, 3.8) is 0 Å². The fourth-order valence-corrected chi connectivity index (χ4v) is 2.38. The molecule has 0 spiro atoms. The van der Waals surface area contributed by atoms with Crippen LogP contribution in [0, 0.1) is 5.92 Å². The molecule has 1 aromatic rings. The zero-order valence-electron chi connectivity index (χ0n) is 13.0. The van der Waals surface area contributed by atoms with Crippen molar-refractivity contribution in [2.24, 2.45) is 5.92 Å². The summed E-state index contributed by atoms with van der Waals surface area (Å²) in [5.74, 6) is 0.378. The Morgan fingerprint density at radius 1 is 1.30 bits per heavy atom. The first-order valence-corrected chi connectivity index (χ1v) is 7.50. The van der Waals surface area contributed by atoms with Crippen molar-refractivity contribution >= 4 is 5.97 Å². The van der Waals surface area contributed by atoms with Crippen LogP contribution in [-0.2, 0) is 0 Å². The minimum absolute atomic E-state index is 0.276. The molecule has 0 amide bonds. The van der Waals surface area contributed by atoms with Crippen LogP contribution in [-0.4, -0.2) is 17.7 Å². The summed E-state index contributed by atoms with van der Waals surface area (Å²) in [7, 11) is 0. The first-order chi connectivity index (χ1) is 9.51. The van der Waals surface area contributed by atoms with E-state index >= 15 is 0 Å². The van der Waals surface area contributed by atoms with Crippen LogP contribution in [0.15, 0.2) is 18.2 Å². The highest BCUT2D eigenvalue weighted by Gasteiger charge is 2.20. The van der Waals surface area contributed by atoms with E-state index in [9.17, 15) is 9.90 Å². The molecule has 0 bridgehead atoms. The average Bonchev–Trinajstić information content (AvgIpc) is 2.42. The zero-order valence-corrected chi connectivity index (χ0v) is 13.0. The molecule has 112 valence electrons. The molecule has 20 heavy (non-hydrogen) atoms. The Hall–Kier alpha value is -1.51. The molecule has 0 radical (unpaired) electrons. The number of hydrogen-bond acceptors (Lipinski definition) is 2. The summed E-state index contributed by atoms with van der Waals surface area (Å²) in [6, 6.07) is 5.45. The smallest absolute Gasteiger partial charge is 0.339 e. The zero-order chi connectivity index (χ0) is 15.1. The van der Waals surface area contributed by atoms with E-state index in [-0.39, 0.29) is 5.56 Å². The summed E-state index contributed by atoms with van der Waals surface area (Å²) >= 11 is 0. The van der Waals surface area contributed by atoms with Crippen molar-refractivity contribution < 1.29 is 14.6 Å². The quantitative estimate of drug-likeness (QED) is 0.748. The van der Waals surface area contributed by atoms with Gasteiger partial charge in [0, 0.05) is 0 Å². The van der Waals surface area contributed by atoms with Crippen molar-refractivity contribution in [2.75, 3.05) is 6.61 Å². The number of para-hydroxylation sites is 1. The van der Waals surface area contributed by atoms with Gasteiger partial charge < -0.3 is 9.84 Å². The lowest BCUT2D eigenvalue weighted by Gasteiger charge is -2.21. The summed E-state index contributed by atoms with van der Waals surface area (Å²) in [6.07, 6.45) is 3.13. The molecule has 0 saturated heterocycles. The molecule has 1 N–H and O–H groups in total. The number of rotatable bonds is 8. The Bertz CT molecular complexity index is 438. The van der Waals surface area contributed by atoms with Gasteiger partial charge in [0.05, 0.1) is 6.61 Å². The monoisotopic (exact) mass is 278 g/mol. The maximum absolute atomic E-state index is 11.4. The molecule has 3 nitrogen and oxygen atoms in total. The second-order valence-electron chi connectivity index (χ2n) is 5.63. The van der Waals surface area contributed by atoms with Gasteiger partial charge in [-0.25, -0.2) is 4.79 Å². The SMILES string of the molecule is CCCC(CC)c1cccc(C(=O)O)c1OCC(C)C. The molecule has 0 aliphatic carbocycles. The Morgan fingerprint density at radius 2 is 2.00 bits per heavy atom. The Balaban J connectivity index is 3.19. The van der Waals surface area contributed by atoms with Crippen LogP contribution in [0.2, 0.25) is 0 Å². The molecular formula is C17H26O3. The molecule has 3 heteroatoms. The highest BCUT2D eigenvalue weighted by atomic mass is 16.5. The van der Waals surface area contributed by atoms with Crippen LogP contribution in [0.25, 0.3) is 0 Å². The van der Waals surface area contributed by atoms with Crippen LogP contribution >= 0.6 is 0 Å². The molecule has 0 aliphatic heterocycles. The van der Waals surface area contributed by atoms with Crippen LogP contribution in [0.1, 0.15) is 68.8 Å². The van der Waals surface area contributed by atoms with Crippen molar-refractivity contribution in [3.8, 4) is 5.75 Å². The molecular weight excluding hydrogens is 252 g/mol. The lowest BCUT2D eigenvalue weighted by molar-refractivity contribution is 0.0691. The van der Waals surface area contributed by atoms with Gasteiger partial charge in [-0.15, -0.1) is 0 Å². The van der Waals surface area contributed by atoms with E-state index in [1.165, 1.54) is 0 Å². The molecule has 0 aromatic heterocycles. The van der Waals surface area contributed by atoms with Crippen molar-refractivity contribution in [3.05, 3.63) is 29.3 Å². The van der Waals surface area contributed by atoms with Gasteiger partial charge in [0.1, 0.15) is 11.3 Å². The summed E-state index contributed by atoms with van der Waals surface area (Å²) in [4.78, 5) is 11.4. The molecule has 1 rings (SSSR count). The van der Waals surface area contributed by atoms with Gasteiger partial charge in [0.15, 0.2) is 0 Å². The van der Waals surface area contributed by atoms with E-state index < -0.39 is 5.97 Å². The van der Waals surface area contributed by atoms with Crippen LogP contribution < -0.4 is 4.74 Å². The Kier molecular flexibility index (Phi) is 6.56. The van der Waals surface area contributed by atoms with E-state index in [0.717, 1.165) is 24.8 Å². The number of carboxylic acids is 1. The van der Waals surface area contributed by atoms with Gasteiger partial charge in [-0.3, -0.25) is 0 Å². The fourth-order valence-electron chi connectivity index (χ4n) is 2.38. The van der Waals surface area contributed by atoms with Gasteiger partial charge in [0.25, 0.3) is 0 Å². The average molecular weight is 278 g/mol. The standard InChI is InChI=1S/C17H26O3/c1-5-8-13(6-2)14-9-7-10-15(17(18)19)16(14)20-11-12(3)4/h7,9-10,12-13H,5-6,8,11H2,1-4H3,(H,18,19). The molecule has 1 unspecified atom stereocenters. The van der Waals surface area contributed by atoms with Gasteiger partial charge in [-0.1, -0.05) is 46.2 Å². The highest BCUT2D eigenvalue weighted by molar-refractivity contribution is 5.91. The largest absolute Gasteiger partial charge is 0.492 e. The topological polar surface area (TPSA) is 46.5 Å². The summed E-state index contributed by atoms with van der Waals surface area (Å²) in [5.41, 5.74) is 1.31. The third kappa shape index (κ3) is 4.26. The summed E-state index contributed by atoms with van der Waals surface area (Å²) in [5, 5.41) is 9.36. The molecule has 0 heterocycles. The highest BCUT2D eigenvalue weighted by Crippen LogP contribution is 2.35. The summed E-state index contributed by atoms with van der Waals surface area (Å²) in [6.45, 7) is 8.96. The van der Waals surface area contributed by atoms with Crippen LogP contribution in [0.5, 0.6) is 5.75 Å². The Labute approximate surface area is 122 Å². The van der Waals surface area contributed by atoms with E-state index in [1.54, 1.807) is 6.07 Å². The third-order valence-corrected chi connectivity index (χ3v) is 3.41. The van der Waals surface area contributed by atoms with Crippen molar-refractivity contribution in [2.45, 2.75) is 52.9 Å².